The number of nitrogens with two attached hydrogens (primary N) is 2. The molecule has 0 aromatic carbocycles. The van der Waals surface area contributed by atoms with E-state index in [4.69, 9.17) is 35.2 Å². The van der Waals surface area contributed by atoms with Gasteiger partial charge in [0.2, 0.25) is 38.5 Å². The number of rotatable bonds is 22. The highest BCUT2D eigenvalue weighted by molar-refractivity contribution is 5.72. The number of carbonyl (C=O) groups is 15. The molecule has 8 amide bonds. The monoisotopic (exact) mass is 1230 g/mol. The van der Waals surface area contributed by atoms with Crippen LogP contribution in [0.1, 0.15) is 51.9 Å². The van der Waals surface area contributed by atoms with E-state index in [1.165, 1.54) is 34.3 Å². The lowest BCUT2D eigenvalue weighted by molar-refractivity contribution is -0.149. The number of pyridine rings is 1. The predicted octanol–water partition coefficient (Wildman–Crippen LogP) is -3.94. The van der Waals surface area contributed by atoms with Crippen molar-refractivity contribution in [2.24, 2.45) is 17.4 Å². The first-order valence-electron chi connectivity index (χ1n) is 28.5. The zero-order chi connectivity index (χ0) is 63.9. The molecule has 87 heavy (non-hydrogen) atoms. The summed E-state index contributed by atoms with van der Waals surface area (Å²) in [6.07, 6.45) is 14.2. The second-order valence-electron chi connectivity index (χ2n) is 20.4. The topological polar surface area (TPSA) is 405 Å². The molecule has 32 nitrogen and oxygen atoms in total. The SMILES string of the molecule is CCC1CCN(C(=O)OC2CC(C=O)N(C=O)C2)C1.NCCCC(=O)OC1CC(C=O)N(C=O)C1.NCCOC(=O)N1CCN(C=O)C(C=O)C1.O=CC1CC(Oc2ccncc2)CN1C=O.O=CC1CNCCN1C=O.O=CC1COCCN1C=O. The number of hydrogen-bond acceptors (Lipinski definition) is 24. The zero-order valence-electron chi connectivity index (χ0n) is 48.8. The smallest absolute Gasteiger partial charge is 0.410 e. The molecule has 7 fully saturated rings. The van der Waals surface area contributed by atoms with E-state index in [9.17, 15) is 71.9 Å². The van der Waals surface area contributed by atoms with Crippen LogP contribution in [0.15, 0.2) is 24.5 Å². The van der Waals surface area contributed by atoms with E-state index in [0.29, 0.717) is 154 Å². The molecular weight excluding hydrogens is 1150 g/mol. The van der Waals surface area contributed by atoms with Gasteiger partial charge in [-0.15, -0.1) is 0 Å². The van der Waals surface area contributed by atoms with E-state index >= 15 is 0 Å². The van der Waals surface area contributed by atoms with Crippen molar-refractivity contribution in [2.45, 2.75) is 106 Å². The molecule has 1 aromatic rings. The number of nitrogens with zero attached hydrogens (tertiary/aromatic N) is 9. The Labute approximate surface area is 503 Å². The van der Waals surface area contributed by atoms with Gasteiger partial charge in [0.15, 0.2) is 0 Å². The fourth-order valence-corrected chi connectivity index (χ4v) is 9.58. The molecule has 10 unspecified atom stereocenters. The molecule has 7 saturated heterocycles. The fraction of sp³-hybridized carbons (Fsp3) is 0.636. The number of amides is 8. The van der Waals surface area contributed by atoms with E-state index in [-0.39, 0.29) is 74.6 Å². The van der Waals surface area contributed by atoms with Crippen molar-refractivity contribution in [1.29, 1.82) is 0 Å². The minimum Gasteiger partial charge on any atom is -0.488 e. The third kappa shape index (κ3) is 24.9. The maximum absolute atomic E-state index is 12.0. The zero-order valence-corrected chi connectivity index (χ0v) is 48.8. The van der Waals surface area contributed by atoms with Crippen molar-refractivity contribution >= 4 is 94.3 Å². The number of hydrogen-bond donors (Lipinski definition) is 3. The van der Waals surface area contributed by atoms with Crippen LogP contribution in [0.3, 0.4) is 0 Å². The van der Waals surface area contributed by atoms with E-state index in [0.717, 1.165) is 64.0 Å². The molecule has 0 saturated carbocycles. The molecule has 482 valence electrons. The number of nitrogens with one attached hydrogen (secondary N) is 1. The Morgan fingerprint density at radius 1 is 0.575 bits per heavy atom. The predicted molar refractivity (Wildman–Crippen MR) is 302 cm³/mol. The molecule has 7 aliphatic heterocycles. The van der Waals surface area contributed by atoms with Crippen molar-refractivity contribution in [3.8, 4) is 5.75 Å². The van der Waals surface area contributed by atoms with Crippen molar-refractivity contribution < 1.29 is 95.6 Å². The second-order valence-corrected chi connectivity index (χ2v) is 20.4. The first-order chi connectivity index (χ1) is 42.2. The van der Waals surface area contributed by atoms with Gasteiger partial charge in [-0.2, -0.15) is 0 Å². The van der Waals surface area contributed by atoms with Gasteiger partial charge >= 0.3 is 18.2 Å². The highest BCUT2D eigenvalue weighted by Crippen LogP contribution is 2.24. The van der Waals surface area contributed by atoms with Gasteiger partial charge in [-0.05, 0) is 37.4 Å². The fourth-order valence-electron chi connectivity index (χ4n) is 9.58. The van der Waals surface area contributed by atoms with Crippen LogP contribution in [0.25, 0.3) is 0 Å². The highest BCUT2D eigenvalue weighted by Gasteiger charge is 2.37. The molecule has 1 aromatic heterocycles. The number of ether oxygens (including phenoxy) is 5. The Hall–Kier alpha value is -8.36. The summed E-state index contributed by atoms with van der Waals surface area (Å²) in [6.45, 7) is 9.77. The van der Waals surface area contributed by atoms with Crippen LogP contribution >= 0.6 is 0 Å². The number of aromatic nitrogens is 1. The average molecular weight is 1230 g/mol. The molecule has 0 aliphatic carbocycles. The molecule has 0 bridgehead atoms. The molecule has 8 rings (SSSR count). The van der Waals surface area contributed by atoms with Crippen LogP contribution in [0, 0.1) is 5.92 Å². The quantitative estimate of drug-likeness (QED) is 0.0567. The largest absolute Gasteiger partial charge is 0.488 e. The van der Waals surface area contributed by atoms with Crippen molar-refractivity contribution in [1.82, 2.24) is 49.5 Å². The van der Waals surface area contributed by atoms with Crippen LogP contribution < -0.4 is 21.5 Å². The lowest BCUT2D eigenvalue weighted by Crippen LogP contribution is -2.55. The third-order valence-electron chi connectivity index (χ3n) is 14.6. The molecule has 10 atom stereocenters. The molecule has 0 spiro atoms. The molecule has 5 N–H and O–H groups in total. The van der Waals surface area contributed by atoms with Crippen LogP contribution in [-0.4, -0.2) is 305 Å². The van der Waals surface area contributed by atoms with Gasteiger partial charge in [0, 0.05) is 97.0 Å². The highest BCUT2D eigenvalue weighted by atomic mass is 16.6. The summed E-state index contributed by atoms with van der Waals surface area (Å²) >= 11 is 0. The summed E-state index contributed by atoms with van der Waals surface area (Å²) < 4.78 is 25.9. The van der Waals surface area contributed by atoms with Gasteiger partial charge in [0.25, 0.3) is 0 Å². The Balaban J connectivity index is 0.000000277. The summed E-state index contributed by atoms with van der Waals surface area (Å²) in [5.74, 6) is 0.940. The van der Waals surface area contributed by atoms with E-state index in [1.54, 1.807) is 29.4 Å². The van der Waals surface area contributed by atoms with Crippen molar-refractivity contribution in [2.75, 3.05) is 111 Å². The number of likely N-dealkylation sites (tertiary alicyclic amines) is 4. The Morgan fingerprint density at radius 2 is 1.09 bits per heavy atom. The first kappa shape index (κ1) is 72.9. The summed E-state index contributed by atoms with van der Waals surface area (Å²) in [4.78, 5) is 177. The second kappa shape index (κ2) is 41.6. The van der Waals surface area contributed by atoms with Crippen LogP contribution in [0.4, 0.5) is 9.59 Å². The summed E-state index contributed by atoms with van der Waals surface area (Å²) in [6, 6.07) is 1.000. The van der Waals surface area contributed by atoms with E-state index < -0.39 is 24.2 Å². The number of carbonyl (C=O) groups excluding carboxylic acids is 15. The average Bonchev–Trinajstić information content (AvgIpc) is 4.08. The van der Waals surface area contributed by atoms with Gasteiger partial charge in [-0.1, -0.05) is 13.3 Å². The summed E-state index contributed by atoms with van der Waals surface area (Å²) in [7, 11) is 0. The van der Waals surface area contributed by atoms with Gasteiger partial charge < -0.3 is 108 Å². The summed E-state index contributed by atoms with van der Waals surface area (Å²) in [5.41, 5.74) is 10.5. The van der Waals surface area contributed by atoms with E-state index in [2.05, 4.69) is 17.2 Å². The minimum absolute atomic E-state index is 0.122. The lowest BCUT2D eigenvalue weighted by atomic mass is 10.1. The molecule has 8 heterocycles. The number of piperazine rings is 2. The van der Waals surface area contributed by atoms with E-state index in [1.807, 2.05) is 0 Å². The molecular formula is C55H82N12O20. The molecule has 7 aliphatic rings. The Kier molecular flexibility index (Phi) is 34.9. The van der Waals surface area contributed by atoms with Crippen LogP contribution in [-0.2, 0) is 81.3 Å². The standard InChI is InChI=1S/C13H20N2O4.C11H12N2O3.C10H16N2O4.C9H15N3O4.C6H10N2O2.C6H9NO3/c1-2-10-3-4-14(6-10)13(18)19-12-5-11(8-16)15(7-12)9-17;14-7-9-5-11(6-13(9)8-15)16-10-1-3-12-4-2-10;11-3-1-2-10(15)16-9-4-8(6-13)12(5-9)7-14;10-1-4-16-9(15)11-2-3-12(7-14)8(5-11)6-13;9-4-6-3-7-1-2-8(6)5-10;8-3-6-4-10-2-1-7(6)5-9/h8-12H,2-7H2,1H3;1-4,7-9,11H,5-6H2;6-9H,1-5,11H2;6-8H,1-5,10H2;4-7H,1-3H2;3,5-6H,1-2,4H2. The summed E-state index contributed by atoms with van der Waals surface area (Å²) in [5, 5.41) is 3.02. The Morgan fingerprint density at radius 3 is 1.57 bits per heavy atom. The van der Waals surface area contributed by atoms with Crippen molar-refractivity contribution in [3.63, 3.8) is 0 Å². The molecule has 0 radical (unpaired) electrons. The lowest BCUT2D eigenvalue weighted by Gasteiger charge is -2.36. The maximum atomic E-state index is 12.0. The van der Waals surface area contributed by atoms with Gasteiger partial charge in [0.1, 0.15) is 80.5 Å². The normalized spacial score (nSPS) is 25.3. The minimum atomic E-state index is -0.586. The van der Waals surface area contributed by atoms with Crippen LogP contribution in [0.5, 0.6) is 5.75 Å². The van der Waals surface area contributed by atoms with Gasteiger partial charge in [0.05, 0.1) is 63.6 Å². The van der Waals surface area contributed by atoms with Crippen LogP contribution in [0.2, 0.25) is 0 Å². The first-order valence-corrected chi connectivity index (χ1v) is 28.5. The Bertz CT molecular complexity index is 2210. The third-order valence-corrected chi connectivity index (χ3v) is 14.6. The number of esters is 1. The number of aldehydes is 6. The molecule has 32 heteroatoms. The number of morpholine rings is 1. The van der Waals surface area contributed by atoms with Gasteiger partial charge in [-0.25, -0.2) is 9.59 Å². The maximum Gasteiger partial charge on any atom is 0.410 e. The van der Waals surface area contributed by atoms with Crippen molar-refractivity contribution in [3.05, 3.63) is 24.5 Å². The van der Waals surface area contributed by atoms with Gasteiger partial charge in [-0.3, -0.25) is 38.5 Å².